The van der Waals surface area contributed by atoms with Crippen LogP contribution in [0.15, 0.2) is 18.2 Å². The van der Waals surface area contributed by atoms with Crippen LogP contribution in [-0.2, 0) is 0 Å². The number of nitrogens with one attached hydrogen (secondary N) is 2. The van der Waals surface area contributed by atoms with Crippen molar-refractivity contribution in [3.05, 3.63) is 23.8 Å². The van der Waals surface area contributed by atoms with Gasteiger partial charge in [0.15, 0.2) is 0 Å². The molecular formula is C15H23N3O2. The minimum Gasteiger partial charge on any atom is -0.397 e. The van der Waals surface area contributed by atoms with Crippen LogP contribution >= 0.6 is 0 Å². The third-order valence-electron chi connectivity index (χ3n) is 3.71. The first kappa shape index (κ1) is 14.7. The van der Waals surface area contributed by atoms with Crippen molar-refractivity contribution in [3.63, 3.8) is 0 Å². The number of hydrogen-bond donors (Lipinski definition) is 4. The second-order valence-corrected chi connectivity index (χ2v) is 5.31. The summed E-state index contributed by atoms with van der Waals surface area (Å²) in [7, 11) is 0. The van der Waals surface area contributed by atoms with Gasteiger partial charge >= 0.3 is 0 Å². The van der Waals surface area contributed by atoms with Gasteiger partial charge in [0.05, 0.1) is 17.5 Å². The number of hydrogen-bond acceptors (Lipinski definition) is 4. The Bertz CT molecular complexity index is 468. The summed E-state index contributed by atoms with van der Waals surface area (Å²) in [5, 5.41) is 15.7. The van der Waals surface area contributed by atoms with Crippen LogP contribution in [0.4, 0.5) is 11.4 Å². The van der Waals surface area contributed by atoms with Gasteiger partial charge in [-0.2, -0.15) is 0 Å². The number of aliphatic hydroxyl groups excluding tert-OH is 1. The fourth-order valence-electron chi connectivity index (χ4n) is 2.54. The lowest BCUT2D eigenvalue weighted by Gasteiger charge is -2.27. The maximum atomic E-state index is 11.7. The minimum atomic E-state index is -0.162. The van der Waals surface area contributed by atoms with E-state index in [1.165, 1.54) is 0 Å². The van der Waals surface area contributed by atoms with Crippen LogP contribution in [0, 0.1) is 0 Å². The molecule has 0 saturated heterocycles. The van der Waals surface area contributed by atoms with Gasteiger partial charge in [0.1, 0.15) is 0 Å². The van der Waals surface area contributed by atoms with Crippen LogP contribution in [0.25, 0.3) is 0 Å². The molecule has 110 valence electrons. The summed E-state index contributed by atoms with van der Waals surface area (Å²) >= 11 is 0. The zero-order valence-corrected chi connectivity index (χ0v) is 11.9. The highest BCUT2D eigenvalue weighted by atomic mass is 16.3. The molecule has 1 aromatic carbocycles. The van der Waals surface area contributed by atoms with Gasteiger partial charge in [-0.3, -0.25) is 4.79 Å². The molecule has 0 aliphatic heterocycles. The minimum absolute atomic E-state index is 0.105. The molecule has 1 amide bonds. The summed E-state index contributed by atoms with van der Waals surface area (Å²) < 4.78 is 0. The van der Waals surface area contributed by atoms with Crippen LogP contribution in [0.1, 0.15) is 43.0 Å². The largest absolute Gasteiger partial charge is 0.397 e. The number of rotatable bonds is 4. The van der Waals surface area contributed by atoms with E-state index in [1.54, 1.807) is 12.1 Å². The van der Waals surface area contributed by atoms with Gasteiger partial charge in [-0.1, -0.05) is 0 Å². The summed E-state index contributed by atoms with van der Waals surface area (Å²) in [5.74, 6) is -0.105. The molecule has 1 saturated carbocycles. The van der Waals surface area contributed by atoms with E-state index in [2.05, 4.69) is 10.6 Å². The predicted molar refractivity (Wildman–Crippen MR) is 80.7 cm³/mol. The van der Waals surface area contributed by atoms with Gasteiger partial charge in [0.2, 0.25) is 0 Å². The Kier molecular flexibility index (Phi) is 4.84. The van der Waals surface area contributed by atoms with Crippen LogP contribution in [0.3, 0.4) is 0 Å². The smallest absolute Gasteiger partial charge is 0.251 e. The average molecular weight is 277 g/mol. The van der Waals surface area contributed by atoms with Crippen molar-refractivity contribution in [1.82, 2.24) is 5.32 Å². The summed E-state index contributed by atoms with van der Waals surface area (Å²) in [6, 6.07) is 5.67. The molecule has 1 aromatic rings. The van der Waals surface area contributed by atoms with Gasteiger partial charge in [-0.25, -0.2) is 0 Å². The number of nitrogens with two attached hydrogens (primary N) is 1. The third-order valence-corrected chi connectivity index (χ3v) is 3.71. The van der Waals surface area contributed by atoms with Crippen LogP contribution in [0.2, 0.25) is 0 Å². The zero-order chi connectivity index (χ0) is 14.5. The molecule has 0 spiro atoms. The van der Waals surface area contributed by atoms with Gasteiger partial charge in [0, 0.05) is 18.2 Å². The molecule has 5 N–H and O–H groups in total. The number of benzene rings is 1. The molecule has 5 heteroatoms. The number of aliphatic hydroxyl groups is 1. The highest BCUT2D eigenvalue weighted by molar-refractivity contribution is 5.96. The molecule has 0 aromatic heterocycles. The summed E-state index contributed by atoms with van der Waals surface area (Å²) in [4.78, 5) is 11.7. The number of carbonyl (C=O) groups is 1. The lowest BCUT2D eigenvalue weighted by atomic mass is 9.93. The Balaban J connectivity index is 2.00. The van der Waals surface area contributed by atoms with Gasteiger partial charge in [-0.05, 0) is 50.8 Å². The SMILES string of the molecule is CCNC(=O)c1ccc(NC2CCC(O)CC2)c(N)c1. The second kappa shape index (κ2) is 6.61. The highest BCUT2D eigenvalue weighted by Crippen LogP contribution is 2.26. The van der Waals surface area contributed by atoms with Crippen LogP contribution in [-0.4, -0.2) is 29.7 Å². The molecule has 1 aliphatic carbocycles. The molecule has 1 fully saturated rings. The lowest BCUT2D eigenvalue weighted by molar-refractivity contribution is 0.0956. The van der Waals surface area contributed by atoms with E-state index in [0.717, 1.165) is 31.4 Å². The Morgan fingerprint density at radius 2 is 2.05 bits per heavy atom. The number of nitrogen functional groups attached to an aromatic ring is 1. The first-order chi connectivity index (χ1) is 9.60. The first-order valence-electron chi connectivity index (χ1n) is 7.22. The van der Waals surface area contributed by atoms with E-state index in [1.807, 2.05) is 13.0 Å². The predicted octanol–water partition coefficient (Wildman–Crippen LogP) is 1.73. The van der Waals surface area contributed by atoms with E-state index >= 15 is 0 Å². The zero-order valence-electron chi connectivity index (χ0n) is 11.9. The van der Waals surface area contributed by atoms with Crippen LogP contribution in [0.5, 0.6) is 0 Å². The van der Waals surface area contributed by atoms with Gasteiger partial charge in [-0.15, -0.1) is 0 Å². The maximum Gasteiger partial charge on any atom is 0.251 e. The summed E-state index contributed by atoms with van der Waals surface area (Å²) in [5.41, 5.74) is 8.03. The molecule has 0 unspecified atom stereocenters. The highest BCUT2D eigenvalue weighted by Gasteiger charge is 2.19. The van der Waals surface area contributed by atoms with Crippen molar-refractivity contribution in [3.8, 4) is 0 Å². The fourth-order valence-corrected chi connectivity index (χ4v) is 2.54. The van der Waals surface area contributed by atoms with Crippen LogP contribution < -0.4 is 16.4 Å². The molecule has 0 bridgehead atoms. The average Bonchev–Trinajstić information content (AvgIpc) is 2.43. The van der Waals surface area contributed by atoms with Crippen molar-refractivity contribution in [2.75, 3.05) is 17.6 Å². The van der Waals surface area contributed by atoms with Gasteiger partial charge in [0.25, 0.3) is 5.91 Å². The quantitative estimate of drug-likeness (QED) is 0.631. The molecule has 0 atom stereocenters. The Morgan fingerprint density at radius 3 is 2.65 bits per heavy atom. The Morgan fingerprint density at radius 1 is 1.35 bits per heavy atom. The van der Waals surface area contributed by atoms with Crippen molar-refractivity contribution in [1.29, 1.82) is 0 Å². The summed E-state index contributed by atoms with van der Waals surface area (Å²) in [6.07, 6.45) is 3.38. The molecular weight excluding hydrogens is 254 g/mol. The lowest BCUT2D eigenvalue weighted by Crippen LogP contribution is -2.28. The van der Waals surface area contributed by atoms with Crippen molar-refractivity contribution in [2.24, 2.45) is 0 Å². The van der Waals surface area contributed by atoms with Crippen molar-refractivity contribution < 1.29 is 9.90 Å². The second-order valence-electron chi connectivity index (χ2n) is 5.31. The molecule has 5 nitrogen and oxygen atoms in total. The fraction of sp³-hybridized carbons (Fsp3) is 0.533. The summed E-state index contributed by atoms with van der Waals surface area (Å²) in [6.45, 7) is 2.48. The molecule has 1 aliphatic rings. The van der Waals surface area contributed by atoms with E-state index in [4.69, 9.17) is 5.73 Å². The Hall–Kier alpha value is -1.75. The van der Waals surface area contributed by atoms with E-state index < -0.39 is 0 Å². The topological polar surface area (TPSA) is 87.4 Å². The monoisotopic (exact) mass is 277 g/mol. The Labute approximate surface area is 119 Å². The van der Waals surface area contributed by atoms with Crippen molar-refractivity contribution in [2.45, 2.75) is 44.8 Å². The van der Waals surface area contributed by atoms with E-state index in [9.17, 15) is 9.90 Å². The molecule has 0 heterocycles. The maximum absolute atomic E-state index is 11.7. The molecule has 20 heavy (non-hydrogen) atoms. The normalized spacial score (nSPS) is 22.3. The van der Waals surface area contributed by atoms with E-state index in [0.29, 0.717) is 23.8 Å². The number of amides is 1. The molecule has 2 rings (SSSR count). The van der Waals surface area contributed by atoms with E-state index in [-0.39, 0.29) is 12.0 Å². The third kappa shape index (κ3) is 3.63. The molecule has 0 radical (unpaired) electrons. The van der Waals surface area contributed by atoms with Crippen molar-refractivity contribution >= 4 is 17.3 Å². The van der Waals surface area contributed by atoms with Gasteiger partial charge < -0.3 is 21.5 Å². The first-order valence-corrected chi connectivity index (χ1v) is 7.22. The number of anilines is 2. The standard InChI is InChI=1S/C15H23N3O2/c1-2-17-15(20)10-3-8-14(13(16)9-10)18-11-4-6-12(19)7-5-11/h3,8-9,11-12,18-19H,2,4-7,16H2,1H3,(H,17,20). The number of carbonyl (C=O) groups excluding carboxylic acids is 1.